The molecule has 0 radical (unpaired) electrons. The molecule has 0 unspecified atom stereocenters. The Balaban J connectivity index is 2.43. The van der Waals surface area contributed by atoms with Crippen LogP contribution in [0.2, 0.25) is 0 Å². The van der Waals surface area contributed by atoms with Gasteiger partial charge >= 0.3 is 0 Å². The van der Waals surface area contributed by atoms with Crippen molar-refractivity contribution in [2.75, 3.05) is 20.0 Å². The van der Waals surface area contributed by atoms with Gasteiger partial charge in [-0.15, -0.1) is 0 Å². The van der Waals surface area contributed by atoms with E-state index in [1.54, 1.807) is 14.2 Å². The first-order chi connectivity index (χ1) is 8.60. The quantitative estimate of drug-likeness (QED) is 0.808. The Bertz CT molecular complexity index is 401. The monoisotopic (exact) mass is 250 g/mol. The number of benzene rings is 1. The van der Waals surface area contributed by atoms with Crippen molar-refractivity contribution < 1.29 is 9.47 Å². The largest absolute Gasteiger partial charge is 0.494 e. The molecule has 0 spiro atoms. The summed E-state index contributed by atoms with van der Waals surface area (Å²) in [4.78, 5) is 0. The van der Waals surface area contributed by atoms with Crippen LogP contribution in [-0.2, 0) is 5.54 Å². The van der Waals surface area contributed by atoms with Gasteiger partial charge in [0.25, 0.3) is 0 Å². The minimum atomic E-state index is -0.271. The van der Waals surface area contributed by atoms with Crippen LogP contribution in [0.5, 0.6) is 11.5 Å². The first-order valence-corrected chi connectivity index (χ1v) is 6.41. The normalized spacial score (nSPS) is 18.4. The maximum Gasteiger partial charge on any atom is 0.145 e. The third-order valence-corrected chi connectivity index (χ3v) is 3.86. The van der Waals surface area contributed by atoms with Crippen LogP contribution in [0.15, 0.2) is 12.1 Å². The summed E-state index contributed by atoms with van der Waals surface area (Å²) >= 11 is 0. The maximum absolute atomic E-state index is 6.53. The molecule has 100 valence electrons. The molecular formula is C14H22N2O2. The van der Waals surface area contributed by atoms with Crippen LogP contribution in [0.4, 0.5) is 5.69 Å². The summed E-state index contributed by atoms with van der Waals surface area (Å²) < 4.78 is 10.6. The summed E-state index contributed by atoms with van der Waals surface area (Å²) in [7, 11) is 3.22. The van der Waals surface area contributed by atoms with Gasteiger partial charge in [0.05, 0.1) is 14.2 Å². The molecule has 0 aliphatic heterocycles. The second-order valence-electron chi connectivity index (χ2n) is 5.01. The summed E-state index contributed by atoms with van der Waals surface area (Å²) in [5.74, 6) is 1.28. The molecular weight excluding hydrogens is 228 g/mol. The molecule has 1 aliphatic carbocycles. The van der Waals surface area contributed by atoms with Crippen molar-refractivity contribution in [3.8, 4) is 11.5 Å². The SMILES string of the molecule is COc1cc(C2(N)CCCCC2)cc(OC)c1N. The third-order valence-electron chi connectivity index (χ3n) is 3.86. The summed E-state index contributed by atoms with van der Waals surface area (Å²) in [6.45, 7) is 0. The average molecular weight is 250 g/mol. The van der Waals surface area contributed by atoms with E-state index in [-0.39, 0.29) is 5.54 Å². The van der Waals surface area contributed by atoms with E-state index in [0.29, 0.717) is 17.2 Å². The zero-order chi connectivity index (χ0) is 13.2. The molecule has 2 rings (SSSR count). The van der Waals surface area contributed by atoms with Crippen LogP contribution >= 0.6 is 0 Å². The van der Waals surface area contributed by atoms with E-state index in [0.717, 1.165) is 18.4 Å². The van der Waals surface area contributed by atoms with Gasteiger partial charge in [-0.05, 0) is 30.5 Å². The zero-order valence-corrected chi connectivity index (χ0v) is 11.2. The van der Waals surface area contributed by atoms with Gasteiger partial charge in [0.1, 0.15) is 17.2 Å². The number of anilines is 1. The average Bonchev–Trinajstić information content (AvgIpc) is 2.39. The van der Waals surface area contributed by atoms with Crippen molar-refractivity contribution in [1.29, 1.82) is 0 Å². The van der Waals surface area contributed by atoms with E-state index < -0.39 is 0 Å². The van der Waals surface area contributed by atoms with Crippen LogP contribution in [0, 0.1) is 0 Å². The molecule has 1 saturated carbocycles. The van der Waals surface area contributed by atoms with Gasteiger partial charge in [-0.1, -0.05) is 19.3 Å². The molecule has 0 amide bonds. The molecule has 0 atom stereocenters. The minimum absolute atomic E-state index is 0.271. The van der Waals surface area contributed by atoms with E-state index in [4.69, 9.17) is 20.9 Å². The molecule has 1 aromatic carbocycles. The number of hydrogen-bond donors (Lipinski definition) is 2. The minimum Gasteiger partial charge on any atom is -0.494 e. The second kappa shape index (κ2) is 5.06. The Labute approximate surface area is 108 Å². The number of nitrogen functional groups attached to an aromatic ring is 1. The molecule has 0 aromatic heterocycles. The van der Waals surface area contributed by atoms with Gasteiger partial charge in [0.15, 0.2) is 0 Å². The highest BCUT2D eigenvalue weighted by Crippen LogP contribution is 2.41. The Kier molecular flexibility index (Phi) is 3.66. The summed E-state index contributed by atoms with van der Waals surface area (Å²) in [5, 5.41) is 0. The number of hydrogen-bond acceptors (Lipinski definition) is 4. The maximum atomic E-state index is 6.53. The Morgan fingerprint density at radius 1 is 1.00 bits per heavy atom. The topological polar surface area (TPSA) is 70.5 Å². The van der Waals surface area contributed by atoms with Gasteiger partial charge in [-0.3, -0.25) is 0 Å². The van der Waals surface area contributed by atoms with Crippen LogP contribution in [-0.4, -0.2) is 14.2 Å². The fraction of sp³-hybridized carbons (Fsp3) is 0.571. The fourth-order valence-electron chi connectivity index (χ4n) is 2.70. The highest BCUT2D eigenvalue weighted by Gasteiger charge is 2.31. The van der Waals surface area contributed by atoms with Crippen LogP contribution in [0.3, 0.4) is 0 Å². The second-order valence-corrected chi connectivity index (χ2v) is 5.01. The predicted octanol–water partition coefficient (Wildman–Crippen LogP) is 2.40. The van der Waals surface area contributed by atoms with Gasteiger partial charge in [0.2, 0.25) is 0 Å². The number of nitrogens with two attached hydrogens (primary N) is 2. The Morgan fingerprint density at radius 3 is 1.94 bits per heavy atom. The number of rotatable bonds is 3. The Hall–Kier alpha value is -1.42. The molecule has 0 bridgehead atoms. The fourth-order valence-corrected chi connectivity index (χ4v) is 2.70. The lowest BCUT2D eigenvalue weighted by molar-refractivity contribution is 0.299. The molecule has 18 heavy (non-hydrogen) atoms. The molecule has 1 aliphatic rings. The summed E-state index contributed by atoms with van der Waals surface area (Å²) in [5.41, 5.74) is 13.8. The summed E-state index contributed by atoms with van der Waals surface area (Å²) in [6, 6.07) is 3.90. The Morgan fingerprint density at radius 2 is 1.50 bits per heavy atom. The van der Waals surface area contributed by atoms with Crippen LogP contribution in [0.1, 0.15) is 37.7 Å². The lowest BCUT2D eigenvalue weighted by atomic mass is 9.77. The molecule has 0 heterocycles. The standard InChI is InChI=1S/C14H22N2O2/c1-17-11-8-10(9-12(18-2)13(11)15)14(16)6-4-3-5-7-14/h8-9H,3-7,15-16H2,1-2H3. The molecule has 4 nitrogen and oxygen atoms in total. The van der Waals surface area contributed by atoms with E-state index in [9.17, 15) is 0 Å². The van der Waals surface area contributed by atoms with E-state index in [2.05, 4.69) is 0 Å². The number of methoxy groups -OCH3 is 2. The van der Waals surface area contributed by atoms with Crippen molar-refractivity contribution >= 4 is 5.69 Å². The van der Waals surface area contributed by atoms with Crippen molar-refractivity contribution in [3.05, 3.63) is 17.7 Å². The van der Waals surface area contributed by atoms with Crippen molar-refractivity contribution in [2.45, 2.75) is 37.6 Å². The van der Waals surface area contributed by atoms with Gasteiger partial charge in [-0.25, -0.2) is 0 Å². The van der Waals surface area contributed by atoms with Gasteiger partial charge < -0.3 is 20.9 Å². The highest BCUT2D eigenvalue weighted by molar-refractivity contribution is 5.65. The molecule has 1 aromatic rings. The van der Waals surface area contributed by atoms with E-state index in [1.807, 2.05) is 12.1 Å². The van der Waals surface area contributed by atoms with Crippen molar-refractivity contribution in [2.24, 2.45) is 5.73 Å². The van der Waals surface area contributed by atoms with E-state index in [1.165, 1.54) is 19.3 Å². The predicted molar refractivity (Wildman–Crippen MR) is 72.9 cm³/mol. The van der Waals surface area contributed by atoms with Gasteiger partial charge in [0, 0.05) is 5.54 Å². The first kappa shape index (κ1) is 13.0. The number of ether oxygens (including phenoxy) is 2. The molecule has 4 N–H and O–H groups in total. The molecule has 1 fully saturated rings. The lowest BCUT2D eigenvalue weighted by Crippen LogP contribution is -2.38. The highest BCUT2D eigenvalue weighted by atomic mass is 16.5. The molecule has 4 heteroatoms. The first-order valence-electron chi connectivity index (χ1n) is 6.41. The smallest absolute Gasteiger partial charge is 0.145 e. The van der Waals surface area contributed by atoms with E-state index >= 15 is 0 Å². The summed E-state index contributed by atoms with van der Waals surface area (Å²) in [6.07, 6.45) is 5.62. The van der Waals surface area contributed by atoms with Crippen LogP contribution in [0.25, 0.3) is 0 Å². The van der Waals surface area contributed by atoms with Crippen molar-refractivity contribution in [1.82, 2.24) is 0 Å². The zero-order valence-electron chi connectivity index (χ0n) is 11.2. The lowest BCUT2D eigenvalue weighted by Gasteiger charge is -2.34. The van der Waals surface area contributed by atoms with Crippen molar-refractivity contribution in [3.63, 3.8) is 0 Å². The van der Waals surface area contributed by atoms with Crippen LogP contribution < -0.4 is 20.9 Å². The third kappa shape index (κ3) is 2.25. The molecule has 0 saturated heterocycles. The van der Waals surface area contributed by atoms with Gasteiger partial charge in [-0.2, -0.15) is 0 Å².